The summed E-state index contributed by atoms with van der Waals surface area (Å²) in [5.74, 6) is -1.00. The van der Waals surface area contributed by atoms with E-state index in [1.54, 1.807) is 31.4 Å². The summed E-state index contributed by atoms with van der Waals surface area (Å²) in [4.78, 5) is 10.3. The van der Waals surface area contributed by atoms with Gasteiger partial charge in [0.25, 0.3) is 0 Å². The Bertz CT molecular complexity index is 1200. The molecule has 31 heavy (non-hydrogen) atoms. The quantitative estimate of drug-likeness (QED) is 0.327. The monoisotopic (exact) mass is 452 g/mol. The van der Waals surface area contributed by atoms with Crippen molar-refractivity contribution in [2.75, 3.05) is 6.61 Å². The second kappa shape index (κ2) is 9.05. The third-order valence-corrected chi connectivity index (χ3v) is 6.62. The molecular weight excluding hydrogens is 428 g/mol. The van der Waals surface area contributed by atoms with Gasteiger partial charge in [-0.1, -0.05) is 36.7 Å². The number of pyridine rings is 2. The number of nitrogens with zero attached hydrogens (tertiary/aromatic N) is 2. The van der Waals surface area contributed by atoms with Gasteiger partial charge in [-0.15, -0.1) is 11.3 Å². The first kappa shape index (κ1) is 21.9. The Morgan fingerprint density at radius 3 is 2.71 bits per heavy atom. The Labute approximate surface area is 191 Å². The maximum Gasteiger partial charge on any atom is 0.159 e. The molecular formula is C25H25ClN2O2S. The molecule has 1 unspecified atom stereocenters. The lowest BCUT2D eigenvalue weighted by Crippen LogP contribution is -2.25. The van der Waals surface area contributed by atoms with Crippen molar-refractivity contribution in [3.05, 3.63) is 82.1 Å². The standard InChI is InChI=1S/C25H25ClN2O2S/c1-16(15-30-25(2,3)29)17-9-11-28-22(13-17)20-7-4-6-18-12-19(31-24(18)20)14-23-21(26)8-5-10-27-23/h4-13,16,29H,14-15H2,1-3H3. The third kappa shape index (κ3) is 5.31. The normalized spacial score (nSPS) is 12.9. The van der Waals surface area contributed by atoms with E-state index in [2.05, 4.69) is 47.2 Å². The Morgan fingerprint density at radius 1 is 1.10 bits per heavy atom. The summed E-state index contributed by atoms with van der Waals surface area (Å²) in [6.45, 7) is 5.81. The first-order valence-corrected chi connectivity index (χ1v) is 11.4. The average Bonchev–Trinajstić information content (AvgIpc) is 3.16. The fraction of sp³-hybridized carbons (Fsp3) is 0.280. The van der Waals surface area contributed by atoms with Gasteiger partial charge < -0.3 is 9.84 Å². The van der Waals surface area contributed by atoms with Crippen LogP contribution in [0.2, 0.25) is 5.02 Å². The van der Waals surface area contributed by atoms with Crippen molar-refractivity contribution in [2.45, 2.75) is 38.9 Å². The number of thiophene rings is 1. The van der Waals surface area contributed by atoms with Crippen molar-refractivity contribution in [3.8, 4) is 11.3 Å². The van der Waals surface area contributed by atoms with Gasteiger partial charge in [0, 0.05) is 39.9 Å². The number of aromatic nitrogens is 2. The first-order chi connectivity index (χ1) is 14.8. The van der Waals surface area contributed by atoms with E-state index in [1.807, 2.05) is 24.4 Å². The Morgan fingerprint density at radius 2 is 1.94 bits per heavy atom. The highest BCUT2D eigenvalue weighted by molar-refractivity contribution is 7.19. The summed E-state index contributed by atoms with van der Waals surface area (Å²) >= 11 is 8.06. The van der Waals surface area contributed by atoms with E-state index in [0.29, 0.717) is 18.1 Å². The van der Waals surface area contributed by atoms with Gasteiger partial charge in [-0.3, -0.25) is 9.97 Å². The van der Waals surface area contributed by atoms with Crippen LogP contribution in [0.25, 0.3) is 21.3 Å². The van der Waals surface area contributed by atoms with Crippen LogP contribution in [0.3, 0.4) is 0 Å². The van der Waals surface area contributed by atoms with Gasteiger partial charge in [0.05, 0.1) is 23.0 Å². The largest absolute Gasteiger partial charge is 0.366 e. The summed E-state index contributed by atoms with van der Waals surface area (Å²) < 4.78 is 6.75. The molecule has 0 spiro atoms. The predicted octanol–water partition coefficient (Wildman–Crippen LogP) is 6.45. The number of rotatable bonds is 7. The van der Waals surface area contributed by atoms with Crippen LogP contribution < -0.4 is 0 Å². The number of ether oxygens (including phenoxy) is 1. The smallest absolute Gasteiger partial charge is 0.159 e. The zero-order valence-electron chi connectivity index (χ0n) is 17.8. The van der Waals surface area contributed by atoms with Crippen molar-refractivity contribution in [1.29, 1.82) is 0 Å². The van der Waals surface area contributed by atoms with Crippen molar-refractivity contribution in [2.24, 2.45) is 0 Å². The fourth-order valence-electron chi connectivity index (χ4n) is 3.44. The van der Waals surface area contributed by atoms with Crippen molar-refractivity contribution in [1.82, 2.24) is 9.97 Å². The molecule has 3 aromatic heterocycles. The minimum atomic E-state index is -1.14. The molecule has 1 N–H and O–H groups in total. The summed E-state index contributed by atoms with van der Waals surface area (Å²) in [5, 5.41) is 11.7. The highest BCUT2D eigenvalue weighted by Gasteiger charge is 2.17. The molecule has 4 aromatic rings. The number of halogens is 1. The molecule has 4 nitrogen and oxygen atoms in total. The average molecular weight is 453 g/mol. The molecule has 0 fully saturated rings. The van der Waals surface area contributed by atoms with Crippen LogP contribution in [0.15, 0.2) is 60.9 Å². The van der Waals surface area contributed by atoms with E-state index >= 15 is 0 Å². The van der Waals surface area contributed by atoms with Crippen LogP contribution in [0.5, 0.6) is 0 Å². The van der Waals surface area contributed by atoms with E-state index in [-0.39, 0.29) is 5.92 Å². The molecule has 1 atom stereocenters. The van der Waals surface area contributed by atoms with Crippen molar-refractivity contribution >= 4 is 33.0 Å². The number of hydrogen-bond acceptors (Lipinski definition) is 5. The van der Waals surface area contributed by atoms with Crippen LogP contribution in [0.1, 0.15) is 42.8 Å². The first-order valence-electron chi connectivity index (χ1n) is 10.2. The lowest BCUT2D eigenvalue weighted by Gasteiger charge is -2.21. The topological polar surface area (TPSA) is 55.2 Å². The lowest BCUT2D eigenvalue weighted by atomic mass is 10.00. The van der Waals surface area contributed by atoms with Crippen LogP contribution in [0.4, 0.5) is 0 Å². The summed E-state index contributed by atoms with van der Waals surface area (Å²) in [6, 6.07) is 16.4. The number of aliphatic hydroxyl groups is 1. The van der Waals surface area contributed by atoms with E-state index < -0.39 is 5.79 Å². The molecule has 6 heteroatoms. The molecule has 0 aliphatic heterocycles. The fourth-order valence-corrected chi connectivity index (χ4v) is 4.82. The SMILES string of the molecule is CC(COC(C)(C)O)c1ccnc(-c2cccc3cc(Cc4ncccc4Cl)sc23)c1. The van der Waals surface area contributed by atoms with Gasteiger partial charge in [0.15, 0.2) is 5.79 Å². The third-order valence-electron chi connectivity index (χ3n) is 5.09. The van der Waals surface area contributed by atoms with Gasteiger partial charge in [0.2, 0.25) is 0 Å². The summed E-state index contributed by atoms with van der Waals surface area (Å²) in [7, 11) is 0. The molecule has 0 radical (unpaired) electrons. The van der Waals surface area contributed by atoms with Crippen LogP contribution in [-0.2, 0) is 11.2 Å². The molecule has 0 saturated carbocycles. The van der Waals surface area contributed by atoms with E-state index in [1.165, 1.54) is 15.0 Å². The number of benzene rings is 1. The molecule has 0 saturated heterocycles. The minimum Gasteiger partial charge on any atom is -0.366 e. The summed E-state index contributed by atoms with van der Waals surface area (Å²) in [6.07, 6.45) is 4.32. The Kier molecular flexibility index (Phi) is 6.39. The van der Waals surface area contributed by atoms with Gasteiger partial charge >= 0.3 is 0 Å². The summed E-state index contributed by atoms with van der Waals surface area (Å²) in [5.41, 5.74) is 4.06. The molecule has 4 rings (SSSR count). The highest BCUT2D eigenvalue weighted by Crippen LogP contribution is 2.36. The number of fused-ring (bicyclic) bond motifs is 1. The van der Waals surface area contributed by atoms with Crippen molar-refractivity contribution in [3.63, 3.8) is 0 Å². The maximum absolute atomic E-state index is 9.84. The molecule has 1 aromatic carbocycles. The van der Waals surface area contributed by atoms with Crippen LogP contribution in [-0.4, -0.2) is 27.5 Å². The number of hydrogen-bond donors (Lipinski definition) is 1. The molecule has 160 valence electrons. The molecule has 0 amide bonds. The molecule has 0 aliphatic rings. The zero-order valence-corrected chi connectivity index (χ0v) is 19.4. The van der Waals surface area contributed by atoms with Crippen LogP contribution >= 0.6 is 22.9 Å². The zero-order chi connectivity index (χ0) is 22.0. The second-order valence-corrected chi connectivity index (χ2v) is 9.72. The van der Waals surface area contributed by atoms with Gasteiger partial charge in [0.1, 0.15) is 0 Å². The Hall–Kier alpha value is -2.31. The van der Waals surface area contributed by atoms with Gasteiger partial charge in [-0.2, -0.15) is 0 Å². The highest BCUT2D eigenvalue weighted by atomic mass is 35.5. The predicted molar refractivity (Wildman–Crippen MR) is 128 cm³/mol. The molecule has 0 bridgehead atoms. The van der Waals surface area contributed by atoms with Crippen LogP contribution in [0, 0.1) is 0 Å². The maximum atomic E-state index is 9.84. The van der Waals surface area contributed by atoms with E-state index in [4.69, 9.17) is 16.3 Å². The molecule has 3 heterocycles. The van der Waals surface area contributed by atoms with E-state index in [9.17, 15) is 5.11 Å². The van der Waals surface area contributed by atoms with E-state index in [0.717, 1.165) is 22.5 Å². The lowest BCUT2D eigenvalue weighted by molar-refractivity contribution is -0.178. The van der Waals surface area contributed by atoms with Crippen molar-refractivity contribution < 1.29 is 9.84 Å². The minimum absolute atomic E-state index is 0.137. The Balaban J connectivity index is 1.64. The molecule has 0 aliphatic carbocycles. The second-order valence-electron chi connectivity index (χ2n) is 8.18. The van der Waals surface area contributed by atoms with Gasteiger partial charge in [-0.25, -0.2) is 0 Å². The van der Waals surface area contributed by atoms with Gasteiger partial charge in [-0.05, 0) is 55.1 Å².